The number of aromatic nitrogens is 13. The fraction of sp³-hybridized carbons (Fsp3) is 0.0855. The van der Waals surface area contributed by atoms with Crippen molar-refractivity contribution in [2.45, 2.75) is 60.1 Å². The van der Waals surface area contributed by atoms with Gasteiger partial charge in [0.1, 0.15) is 5.82 Å². The van der Waals surface area contributed by atoms with Crippen LogP contribution in [0.5, 0.6) is 0 Å². The minimum absolute atomic E-state index is 0. The van der Waals surface area contributed by atoms with Crippen LogP contribution in [0.15, 0.2) is 432 Å². The van der Waals surface area contributed by atoms with Crippen LogP contribution < -0.4 is 0 Å². The van der Waals surface area contributed by atoms with E-state index in [9.17, 15) is 0 Å². The molecule has 1 unspecified atom stereocenters. The summed E-state index contributed by atoms with van der Waals surface area (Å²) in [4.78, 5) is 56.4. The minimum atomic E-state index is -2.45. The molecule has 4 radical (unpaired) electrons. The molecule has 672 valence electrons. The second-order valence-corrected chi connectivity index (χ2v) is 28.5. The molecule has 0 N–H and O–H groups in total. The van der Waals surface area contributed by atoms with Crippen molar-refractivity contribution < 1.29 is 92.8 Å². The number of rotatable bonds is 16. The van der Waals surface area contributed by atoms with Gasteiger partial charge in [0, 0.05) is 188 Å². The number of hydrogen-bond acceptors (Lipinski definition) is 13. The Hall–Kier alpha value is -13.9. The first-order valence-corrected chi connectivity index (χ1v) is 41.8. The maximum atomic E-state index is 8.22. The summed E-state index contributed by atoms with van der Waals surface area (Å²) < 4.78 is 70.9. The van der Waals surface area contributed by atoms with Crippen LogP contribution in [-0.2, 0) is 93.2 Å². The number of aryl methyl sites for hydroxylation is 2. The Morgan fingerprint density at radius 3 is 0.761 bits per heavy atom. The van der Waals surface area contributed by atoms with E-state index in [1.165, 1.54) is 13.8 Å². The van der Waals surface area contributed by atoms with Crippen LogP contribution in [-0.4, -0.2) is 64.8 Å². The third-order valence-electron chi connectivity index (χ3n) is 18.8. The standard InChI is InChI=1S/C20H19N2.C19H17N2.C18H15N2.C16H12N3.4C11H8N.4Ir/c1-15(2)13-18-9-6-10-20(22-18)17-11-12-19(21-14-17)16-7-4-3-5-8-16;1-14(2)17-9-6-10-19(21-17)16-11-12-18(20-13-16)15-7-4-3-5-8-15;1-2-16-9-6-10-18(20-16)15-11-12-17(19-13-15)14-7-4-3-5-8-14;1-12-17-10-9-16(19-12)14-7-8-15(18-11-14)13-5-3-2-4-6-13;4*1-2-6-10(7-3-1)11-8-4-5-9-12-11;;;;/h3-7,9-12,14-15H,13H2,1-2H3;3-7,9-14H,1-2H3;3-7,9-13H,2H2,1H3;2-5,7-11H,1H3;4*1-6,8-9H;;;;/q8*-1;;;;/i13D2,15D;1D3,14D;2D2;;;;;;;;;. The van der Waals surface area contributed by atoms with Crippen molar-refractivity contribution in [1.82, 2.24) is 64.8 Å². The normalized spacial score (nSPS) is 11.8. The maximum absolute atomic E-state index is 8.22. The maximum Gasteiger partial charge on any atom is 0.125 e. The van der Waals surface area contributed by atoms with Crippen LogP contribution in [0.4, 0.5) is 0 Å². The second kappa shape index (κ2) is 57.4. The van der Waals surface area contributed by atoms with E-state index in [0.29, 0.717) is 17.1 Å². The molecule has 0 amide bonds. The molecule has 0 saturated heterocycles. The Bertz CT molecular complexity index is 6460. The summed E-state index contributed by atoms with van der Waals surface area (Å²) in [5, 5.41) is 0. The van der Waals surface area contributed by atoms with Crippen molar-refractivity contribution in [2.75, 3.05) is 0 Å². The molecule has 0 aliphatic heterocycles. The first-order chi connectivity index (χ1) is 67.3. The van der Waals surface area contributed by atoms with E-state index < -0.39 is 31.4 Å². The Kier molecular flexibility index (Phi) is 38.8. The summed E-state index contributed by atoms with van der Waals surface area (Å²) in [5.41, 5.74) is 22.4. The molecule has 134 heavy (non-hydrogen) atoms. The second-order valence-electron chi connectivity index (χ2n) is 28.5. The van der Waals surface area contributed by atoms with Gasteiger partial charge in [0.05, 0.1) is 22.8 Å². The number of pyridine rings is 11. The molecule has 17 heteroatoms. The molecule has 12 aromatic heterocycles. The summed E-state index contributed by atoms with van der Waals surface area (Å²) >= 11 is 0. The van der Waals surface area contributed by atoms with Gasteiger partial charge in [-0.15, -0.1) is 287 Å². The van der Waals surface area contributed by atoms with Crippen molar-refractivity contribution in [1.29, 1.82) is 0 Å². The summed E-state index contributed by atoms with van der Waals surface area (Å²) in [7, 11) is 0. The quantitative estimate of drug-likeness (QED) is 0.0839. The van der Waals surface area contributed by atoms with Gasteiger partial charge in [-0.1, -0.05) is 150 Å². The van der Waals surface area contributed by atoms with Gasteiger partial charge in [-0.3, -0.25) is 15.0 Å². The Morgan fingerprint density at radius 2 is 0.515 bits per heavy atom. The van der Waals surface area contributed by atoms with Crippen LogP contribution in [0.3, 0.4) is 0 Å². The third-order valence-corrected chi connectivity index (χ3v) is 18.8. The Labute approximate surface area is 855 Å². The van der Waals surface area contributed by atoms with Gasteiger partial charge < -0.3 is 39.9 Å². The van der Waals surface area contributed by atoms with Crippen LogP contribution in [0.2, 0.25) is 0 Å². The predicted molar refractivity (Wildman–Crippen MR) is 526 cm³/mol. The smallest absolute Gasteiger partial charge is 0.125 e. The molecule has 1 atom stereocenters. The van der Waals surface area contributed by atoms with Crippen molar-refractivity contribution in [3.63, 3.8) is 0 Å². The van der Waals surface area contributed by atoms with Crippen molar-refractivity contribution in [3.05, 3.63) is 503 Å². The molecular formula is C117H95Ir4N13-8. The predicted octanol–water partition coefficient (Wildman–Crippen LogP) is 27.2. The van der Waals surface area contributed by atoms with E-state index in [1.54, 1.807) is 99.8 Å². The molecule has 0 aliphatic rings. The van der Waals surface area contributed by atoms with E-state index in [-0.39, 0.29) is 91.8 Å². The molecule has 0 fully saturated rings. The zero-order chi connectivity index (χ0) is 97.7. The van der Waals surface area contributed by atoms with Gasteiger partial charge in [0.25, 0.3) is 0 Å². The molecule has 8 aromatic carbocycles. The summed E-state index contributed by atoms with van der Waals surface area (Å²) in [6.45, 7) is 5.39. The average Bonchev–Trinajstić information content (AvgIpc) is 0.786. The van der Waals surface area contributed by atoms with E-state index in [0.717, 1.165) is 130 Å². The van der Waals surface area contributed by atoms with E-state index in [4.69, 9.17) is 12.3 Å². The van der Waals surface area contributed by atoms with Crippen LogP contribution in [0.25, 0.3) is 135 Å². The van der Waals surface area contributed by atoms with Crippen molar-refractivity contribution in [2.24, 2.45) is 5.89 Å². The molecule has 12 heterocycles. The van der Waals surface area contributed by atoms with Gasteiger partial charge in [0.2, 0.25) is 0 Å². The monoisotopic (exact) mass is 2460 g/mol. The Morgan fingerprint density at radius 1 is 0.254 bits per heavy atom. The van der Waals surface area contributed by atoms with Gasteiger partial charge in [0.15, 0.2) is 0 Å². The number of hydrogen-bond donors (Lipinski definition) is 0. The van der Waals surface area contributed by atoms with E-state index in [2.05, 4.69) is 113 Å². The molecule has 0 spiro atoms. The fourth-order valence-electron chi connectivity index (χ4n) is 12.4. The Balaban J connectivity index is 0.000000185. The summed E-state index contributed by atoms with van der Waals surface area (Å²) in [6, 6.07) is 144. The zero-order valence-corrected chi connectivity index (χ0v) is 83.2. The minimum Gasteiger partial charge on any atom is -0.305 e. The van der Waals surface area contributed by atoms with Crippen molar-refractivity contribution in [3.8, 4) is 135 Å². The molecular weight excluding hydrogens is 2360 g/mol. The van der Waals surface area contributed by atoms with Gasteiger partial charge in [-0.05, 0) is 144 Å². The van der Waals surface area contributed by atoms with E-state index >= 15 is 0 Å². The number of nitrogens with zero attached hydrogens (tertiary/aromatic N) is 13. The number of benzene rings is 8. The first-order valence-electron chi connectivity index (χ1n) is 46.3. The van der Waals surface area contributed by atoms with Crippen LogP contribution >= 0.6 is 0 Å². The summed E-state index contributed by atoms with van der Waals surface area (Å²) in [6.07, 6.45) is 12.6. The average molecular weight is 2460 g/mol. The van der Waals surface area contributed by atoms with Crippen LogP contribution in [0, 0.1) is 61.3 Å². The molecule has 13 nitrogen and oxygen atoms in total. The molecule has 0 saturated carbocycles. The van der Waals surface area contributed by atoms with Gasteiger partial charge in [-0.25, -0.2) is 9.97 Å². The zero-order valence-electron chi connectivity index (χ0n) is 82.6. The molecule has 0 aliphatic carbocycles. The first kappa shape index (κ1) is 90.6. The largest absolute Gasteiger partial charge is 0.305 e. The van der Waals surface area contributed by atoms with Gasteiger partial charge >= 0.3 is 0 Å². The molecule has 20 aromatic rings. The molecule has 0 bridgehead atoms. The molecule has 20 rings (SSSR count). The topological polar surface area (TPSA) is 168 Å². The van der Waals surface area contributed by atoms with Crippen LogP contribution in [0.1, 0.15) is 75.7 Å². The van der Waals surface area contributed by atoms with Gasteiger partial charge in [-0.2, -0.15) is 0 Å². The SMILES string of the molecule is Cc1nccc(-c2ccc(-c3[c-]cccc3)nc2)n1.[2H]C(C)(C)C([2H])([2H])c1cccc(-c2ccc(-c3[c-]cccc3)nc2)n1.[2H]C([2H])(C)c1cccc(-c2ccc(-c3[c-]cccc3)nc2)n1.[2H]C([2H])([2H])C([2H])(C)c1cccc(-c2ccc(-c3[c-]cccc3)nc2)n1.[Ir].[Ir].[Ir].[Ir].[c-]1ccccc1-c1ccccn1.[c-]1ccccc1-c1ccccn1.[c-]1ccccc1-c1ccccn1.[c-]1ccccc1-c1ccccn1. The van der Waals surface area contributed by atoms with Crippen molar-refractivity contribution >= 4 is 0 Å². The fourth-order valence-corrected chi connectivity index (χ4v) is 12.4. The van der Waals surface area contributed by atoms with E-state index in [1.807, 2.05) is 353 Å². The summed E-state index contributed by atoms with van der Waals surface area (Å²) in [5.74, 6) is -2.29. The third kappa shape index (κ3) is 33.4.